The van der Waals surface area contributed by atoms with Gasteiger partial charge in [0.1, 0.15) is 0 Å². The zero-order valence-electron chi connectivity index (χ0n) is 15.2. The van der Waals surface area contributed by atoms with E-state index in [4.69, 9.17) is 11.6 Å². The van der Waals surface area contributed by atoms with Crippen molar-refractivity contribution >= 4 is 17.5 Å². The van der Waals surface area contributed by atoms with Crippen molar-refractivity contribution < 1.29 is 4.79 Å². The number of amides is 1. The van der Waals surface area contributed by atoms with Crippen LogP contribution in [0.1, 0.15) is 45.4 Å². The van der Waals surface area contributed by atoms with Crippen molar-refractivity contribution in [1.82, 2.24) is 15.1 Å². The van der Waals surface area contributed by atoms with Crippen LogP contribution in [-0.4, -0.2) is 22.2 Å². The van der Waals surface area contributed by atoms with E-state index in [1.807, 2.05) is 12.1 Å². The van der Waals surface area contributed by atoms with Gasteiger partial charge in [-0.1, -0.05) is 56.3 Å². The zero-order chi connectivity index (χ0) is 18.8. The summed E-state index contributed by atoms with van der Waals surface area (Å²) >= 11 is 5.90. The van der Waals surface area contributed by atoms with E-state index in [0.29, 0.717) is 17.3 Å². The first-order valence-electron chi connectivity index (χ1n) is 9.21. The van der Waals surface area contributed by atoms with Gasteiger partial charge in [0.25, 0.3) is 5.56 Å². The van der Waals surface area contributed by atoms with E-state index in [1.165, 1.54) is 30.0 Å². The number of carbonyl (C=O) groups excluding carboxylic acids is 1. The summed E-state index contributed by atoms with van der Waals surface area (Å²) in [5.74, 6) is -0.0499. The van der Waals surface area contributed by atoms with Crippen molar-refractivity contribution in [2.75, 3.05) is 6.54 Å². The number of hydrogen-bond donors (Lipinski definition) is 1. The molecule has 140 valence electrons. The first-order chi connectivity index (χ1) is 12.6. The lowest BCUT2D eigenvalue weighted by atomic mass is 10.1. The minimum absolute atomic E-state index is 0.0499. The van der Waals surface area contributed by atoms with E-state index in [-0.39, 0.29) is 24.4 Å². The SMILES string of the molecule is CCCCCCCNC(=O)CCn1nc(-c2ccc(Cl)cc2)ccc1=O. The molecule has 1 heterocycles. The Hall–Kier alpha value is -2.14. The Labute approximate surface area is 159 Å². The van der Waals surface area contributed by atoms with Gasteiger partial charge in [-0.2, -0.15) is 5.10 Å². The van der Waals surface area contributed by atoms with Gasteiger partial charge < -0.3 is 5.32 Å². The molecule has 0 spiro atoms. The lowest BCUT2D eigenvalue weighted by molar-refractivity contribution is -0.121. The van der Waals surface area contributed by atoms with E-state index < -0.39 is 0 Å². The van der Waals surface area contributed by atoms with Gasteiger partial charge in [0.05, 0.1) is 12.2 Å². The van der Waals surface area contributed by atoms with Crippen molar-refractivity contribution in [2.24, 2.45) is 0 Å². The molecule has 26 heavy (non-hydrogen) atoms. The molecule has 0 bridgehead atoms. The molecule has 0 aliphatic heterocycles. The quantitative estimate of drug-likeness (QED) is 0.637. The van der Waals surface area contributed by atoms with Gasteiger partial charge in [0.15, 0.2) is 0 Å². The summed E-state index contributed by atoms with van der Waals surface area (Å²) in [5, 5.41) is 7.91. The first kappa shape index (κ1) is 20.2. The Kier molecular flexibility index (Phi) is 8.35. The fourth-order valence-electron chi connectivity index (χ4n) is 2.64. The average molecular weight is 376 g/mol. The summed E-state index contributed by atoms with van der Waals surface area (Å²) in [6.07, 6.45) is 6.04. The lowest BCUT2D eigenvalue weighted by Crippen LogP contribution is -2.29. The molecule has 1 amide bonds. The van der Waals surface area contributed by atoms with Crippen LogP contribution in [0, 0.1) is 0 Å². The Balaban J connectivity index is 1.85. The number of benzene rings is 1. The second kappa shape index (κ2) is 10.8. The van der Waals surface area contributed by atoms with Gasteiger partial charge in [0, 0.05) is 29.6 Å². The van der Waals surface area contributed by atoms with E-state index in [2.05, 4.69) is 17.3 Å². The molecule has 0 saturated carbocycles. The molecule has 0 radical (unpaired) electrons. The standard InChI is InChI=1S/C20H26ClN3O2/c1-2-3-4-5-6-14-22-19(25)13-15-24-20(26)12-11-18(23-24)16-7-9-17(21)10-8-16/h7-12H,2-6,13-15H2,1H3,(H,22,25). The molecule has 0 saturated heterocycles. The number of unbranched alkanes of at least 4 members (excludes halogenated alkanes) is 4. The van der Waals surface area contributed by atoms with Crippen molar-refractivity contribution in [3.63, 3.8) is 0 Å². The molecule has 2 rings (SSSR count). The third kappa shape index (κ3) is 6.64. The number of nitrogens with zero attached hydrogens (tertiary/aromatic N) is 2. The second-order valence-corrected chi connectivity index (χ2v) is 6.74. The van der Waals surface area contributed by atoms with Gasteiger partial charge in [-0.25, -0.2) is 4.68 Å². The minimum atomic E-state index is -0.213. The summed E-state index contributed by atoms with van der Waals surface area (Å²) < 4.78 is 1.34. The van der Waals surface area contributed by atoms with Crippen LogP contribution in [0.3, 0.4) is 0 Å². The summed E-state index contributed by atoms with van der Waals surface area (Å²) in [7, 11) is 0. The van der Waals surface area contributed by atoms with Gasteiger partial charge in [0.2, 0.25) is 5.91 Å². The van der Waals surface area contributed by atoms with Crippen LogP contribution < -0.4 is 10.9 Å². The van der Waals surface area contributed by atoms with Crippen LogP contribution in [0.2, 0.25) is 5.02 Å². The van der Waals surface area contributed by atoms with Crippen LogP contribution in [0.4, 0.5) is 0 Å². The number of aryl methyl sites for hydroxylation is 1. The second-order valence-electron chi connectivity index (χ2n) is 6.30. The first-order valence-corrected chi connectivity index (χ1v) is 9.58. The number of aromatic nitrogens is 2. The maximum absolute atomic E-state index is 12.0. The predicted molar refractivity (Wildman–Crippen MR) is 105 cm³/mol. The minimum Gasteiger partial charge on any atom is -0.356 e. The molecular weight excluding hydrogens is 350 g/mol. The highest BCUT2D eigenvalue weighted by atomic mass is 35.5. The van der Waals surface area contributed by atoms with E-state index in [9.17, 15) is 9.59 Å². The molecule has 1 aromatic carbocycles. The highest BCUT2D eigenvalue weighted by molar-refractivity contribution is 6.30. The van der Waals surface area contributed by atoms with Crippen LogP contribution in [0.15, 0.2) is 41.2 Å². The lowest BCUT2D eigenvalue weighted by Gasteiger charge is -2.08. The Bertz CT molecular complexity index is 756. The van der Waals surface area contributed by atoms with Crippen molar-refractivity contribution in [1.29, 1.82) is 0 Å². The Morgan fingerprint density at radius 3 is 2.54 bits per heavy atom. The fraction of sp³-hybridized carbons (Fsp3) is 0.450. The van der Waals surface area contributed by atoms with Crippen LogP contribution in [0.25, 0.3) is 11.3 Å². The number of rotatable bonds is 10. The Morgan fingerprint density at radius 1 is 1.08 bits per heavy atom. The summed E-state index contributed by atoms with van der Waals surface area (Å²) in [6, 6.07) is 10.4. The van der Waals surface area contributed by atoms with E-state index in [1.54, 1.807) is 18.2 Å². The normalized spacial score (nSPS) is 10.7. The highest BCUT2D eigenvalue weighted by Crippen LogP contribution is 2.18. The smallest absolute Gasteiger partial charge is 0.266 e. The fourth-order valence-corrected chi connectivity index (χ4v) is 2.76. The molecule has 0 atom stereocenters. The van der Waals surface area contributed by atoms with Gasteiger partial charge in [-0.15, -0.1) is 0 Å². The predicted octanol–water partition coefficient (Wildman–Crippen LogP) is 4.04. The topological polar surface area (TPSA) is 64.0 Å². The van der Waals surface area contributed by atoms with Crippen molar-refractivity contribution in [3.05, 3.63) is 51.8 Å². The van der Waals surface area contributed by atoms with Crippen LogP contribution in [-0.2, 0) is 11.3 Å². The summed E-state index contributed by atoms with van der Waals surface area (Å²) in [6.45, 7) is 3.14. The number of hydrogen-bond acceptors (Lipinski definition) is 3. The molecule has 0 aliphatic carbocycles. The van der Waals surface area contributed by atoms with E-state index >= 15 is 0 Å². The molecule has 6 heteroatoms. The number of nitrogens with one attached hydrogen (secondary N) is 1. The molecule has 1 N–H and O–H groups in total. The third-order valence-corrected chi connectivity index (χ3v) is 4.41. The van der Waals surface area contributed by atoms with Crippen LogP contribution >= 0.6 is 11.6 Å². The molecule has 5 nitrogen and oxygen atoms in total. The molecule has 0 unspecified atom stereocenters. The van der Waals surface area contributed by atoms with Gasteiger partial charge >= 0.3 is 0 Å². The third-order valence-electron chi connectivity index (χ3n) is 4.16. The van der Waals surface area contributed by atoms with Crippen LogP contribution in [0.5, 0.6) is 0 Å². The molecule has 0 aliphatic rings. The molecule has 0 fully saturated rings. The average Bonchev–Trinajstić information content (AvgIpc) is 2.64. The van der Waals surface area contributed by atoms with E-state index in [0.717, 1.165) is 18.4 Å². The summed E-state index contributed by atoms with van der Waals surface area (Å²) in [4.78, 5) is 23.9. The maximum Gasteiger partial charge on any atom is 0.266 e. The summed E-state index contributed by atoms with van der Waals surface area (Å²) in [5.41, 5.74) is 1.34. The Morgan fingerprint density at radius 2 is 1.81 bits per heavy atom. The zero-order valence-corrected chi connectivity index (χ0v) is 16.0. The van der Waals surface area contributed by atoms with Gasteiger partial charge in [-0.05, 0) is 24.6 Å². The number of halogens is 1. The highest BCUT2D eigenvalue weighted by Gasteiger charge is 2.06. The van der Waals surface area contributed by atoms with Crippen molar-refractivity contribution in [3.8, 4) is 11.3 Å². The molecular formula is C20H26ClN3O2. The number of carbonyl (C=O) groups is 1. The largest absolute Gasteiger partial charge is 0.356 e. The molecule has 1 aromatic heterocycles. The maximum atomic E-state index is 12.0. The molecule has 2 aromatic rings. The van der Waals surface area contributed by atoms with Crippen molar-refractivity contribution in [2.45, 2.75) is 52.0 Å². The monoisotopic (exact) mass is 375 g/mol. The van der Waals surface area contributed by atoms with Gasteiger partial charge in [-0.3, -0.25) is 9.59 Å².